The number of aromatic nitrogens is 5. The SMILES string of the molecule is CCCn1cnc2nc(-c3ccc(Cl)cc3)nn2c1=S. The van der Waals surface area contributed by atoms with Crippen molar-refractivity contribution >= 4 is 29.6 Å². The lowest BCUT2D eigenvalue weighted by Crippen LogP contribution is -2.06. The highest BCUT2D eigenvalue weighted by atomic mass is 35.5. The van der Waals surface area contributed by atoms with Crippen molar-refractivity contribution in [3.8, 4) is 11.4 Å². The molecular weight excluding hydrogens is 294 g/mol. The third-order valence-electron chi connectivity index (χ3n) is 2.90. The topological polar surface area (TPSA) is 48.0 Å². The largest absolute Gasteiger partial charge is 0.308 e. The fraction of sp³-hybridized carbons (Fsp3) is 0.231. The van der Waals surface area contributed by atoms with Crippen molar-refractivity contribution in [2.75, 3.05) is 0 Å². The van der Waals surface area contributed by atoms with E-state index in [1.807, 2.05) is 28.8 Å². The van der Waals surface area contributed by atoms with E-state index >= 15 is 0 Å². The molecule has 0 N–H and O–H groups in total. The van der Waals surface area contributed by atoms with E-state index < -0.39 is 0 Å². The van der Waals surface area contributed by atoms with E-state index in [0.29, 0.717) is 21.4 Å². The summed E-state index contributed by atoms with van der Waals surface area (Å²) in [5, 5.41) is 5.11. The number of benzene rings is 1. The van der Waals surface area contributed by atoms with Crippen LogP contribution >= 0.6 is 23.8 Å². The predicted octanol–water partition coefficient (Wildman–Crippen LogP) is 3.39. The van der Waals surface area contributed by atoms with E-state index in [2.05, 4.69) is 22.0 Å². The molecule has 0 atom stereocenters. The van der Waals surface area contributed by atoms with Gasteiger partial charge in [0.05, 0.1) is 0 Å². The molecule has 2 heterocycles. The smallest absolute Gasteiger partial charge is 0.256 e. The molecule has 0 bridgehead atoms. The Bertz CT molecular complexity index is 806. The second-order valence-electron chi connectivity index (χ2n) is 4.37. The number of hydrogen-bond donors (Lipinski definition) is 0. The van der Waals surface area contributed by atoms with Gasteiger partial charge in [-0.15, -0.1) is 5.10 Å². The van der Waals surface area contributed by atoms with E-state index in [0.717, 1.165) is 18.5 Å². The Balaban J connectivity index is 2.13. The minimum Gasteiger partial charge on any atom is -0.308 e. The van der Waals surface area contributed by atoms with Crippen LogP contribution in [0.5, 0.6) is 0 Å². The molecule has 2 aromatic heterocycles. The van der Waals surface area contributed by atoms with Gasteiger partial charge in [-0.05, 0) is 42.9 Å². The summed E-state index contributed by atoms with van der Waals surface area (Å²) in [7, 11) is 0. The van der Waals surface area contributed by atoms with Crippen molar-refractivity contribution < 1.29 is 0 Å². The van der Waals surface area contributed by atoms with Gasteiger partial charge in [0.15, 0.2) is 5.82 Å². The third kappa shape index (κ3) is 2.32. The summed E-state index contributed by atoms with van der Waals surface area (Å²) in [6.45, 7) is 2.91. The molecule has 0 saturated heterocycles. The average Bonchev–Trinajstić information content (AvgIpc) is 2.88. The molecule has 0 saturated carbocycles. The highest BCUT2D eigenvalue weighted by Crippen LogP contribution is 2.18. The predicted molar refractivity (Wildman–Crippen MR) is 80.3 cm³/mol. The van der Waals surface area contributed by atoms with Crippen molar-refractivity contribution in [1.82, 2.24) is 24.1 Å². The van der Waals surface area contributed by atoms with Crippen LogP contribution in [0.1, 0.15) is 13.3 Å². The second kappa shape index (κ2) is 5.30. The van der Waals surface area contributed by atoms with Crippen LogP contribution in [-0.2, 0) is 6.54 Å². The molecule has 7 heteroatoms. The first-order valence-electron chi connectivity index (χ1n) is 6.27. The fourth-order valence-electron chi connectivity index (χ4n) is 1.92. The normalized spacial score (nSPS) is 11.1. The summed E-state index contributed by atoms with van der Waals surface area (Å²) >= 11 is 11.3. The van der Waals surface area contributed by atoms with Crippen molar-refractivity contribution in [3.05, 3.63) is 40.4 Å². The Kier molecular flexibility index (Phi) is 3.50. The molecule has 3 rings (SSSR count). The number of nitrogens with zero attached hydrogens (tertiary/aromatic N) is 5. The molecule has 5 nitrogen and oxygen atoms in total. The van der Waals surface area contributed by atoms with E-state index in [1.165, 1.54) is 0 Å². The molecule has 0 fully saturated rings. The van der Waals surface area contributed by atoms with Gasteiger partial charge in [0.1, 0.15) is 6.33 Å². The van der Waals surface area contributed by atoms with Gasteiger partial charge in [0, 0.05) is 17.1 Å². The van der Waals surface area contributed by atoms with Crippen LogP contribution in [0.4, 0.5) is 0 Å². The number of rotatable bonds is 3. The van der Waals surface area contributed by atoms with E-state index in [-0.39, 0.29) is 0 Å². The highest BCUT2D eigenvalue weighted by molar-refractivity contribution is 7.71. The Morgan fingerprint density at radius 2 is 2.00 bits per heavy atom. The average molecular weight is 306 g/mol. The lowest BCUT2D eigenvalue weighted by Gasteiger charge is -2.03. The van der Waals surface area contributed by atoms with Crippen LogP contribution in [0, 0.1) is 4.77 Å². The quantitative estimate of drug-likeness (QED) is 0.696. The molecule has 0 radical (unpaired) electrons. The van der Waals surface area contributed by atoms with E-state index in [9.17, 15) is 0 Å². The molecule has 0 spiro atoms. The Hall–Kier alpha value is -1.79. The van der Waals surface area contributed by atoms with Crippen LogP contribution in [0.25, 0.3) is 17.2 Å². The molecule has 0 unspecified atom stereocenters. The van der Waals surface area contributed by atoms with Gasteiger partial charge in [0.2, 0.25) is 4.77 Å². The maximum absolute atomic E-state index is 5.88. The van der Waals surface area contributed by atoms with Crippen LogP contribution < -0.4 is 0 Å². The molecular formula is C13H12ClN5S. The van der Waals surface area contributed by atoms with Gasteiger partial charge in [-0.3, -0.25) is 0 Å². The molecule has 0 aliphatic rings. The molecule has 20 heavy (non-hydrogen) atoms. The van der Waals surface area contributed by atoms with E-state index in [1.54, 1.807) is 10.8 Å². The van der Waals surface area contributed by atoms with Crippen LogP contribution in [0.15, 0.2) is 30.6 Å². The highest BCUT2D eigenvalue weighted by Gasteiger charge is 2.09. The Morgan fingerprint density at radius 1 is 1.25 bits per heavy atom. The zero-order valence-corrected chi connectivity index (χ0v) is 12.4. The van der Waals surface area contributed by atoms with Gasteiger partial charge < -0.3 is 4.57 Å². The van der Waals surface area contributed by atoms with Gasteiger partial charge in [0.25, 0.3) is 5.78 Å². The first-order chi connectivity index (χ1) is 9.69. The van der Waals surface area contributed by atoms with Gasteiger partial charge in [-0.1, -0.05) is 18.5 Å². The molecule has 0 aliphatic heterocycles. The van der Waals surface area contributed by atoms with Gasteiger partial charge in [-0.2, -0.15) is 9.50 Å². The number of hydrogen-bond acceptors (Lipinski definition) is 4. The second-order valence-corrected chi connectivity index (χ2v) is 5.18. The summed E-state index contributed by atoms with van der Waals surface area (Å²) in [6, 6.07) is 7.37. The summed E-state index contributed by atoms with van der Waals surface area (Å²) < 4.78 is 4.09. The molecule has 3 aromatic rings. The minimum absolute atomic E-state index is 0.507. The van der Waals surface area contributed by atoms with Crippen LogP contribution in [0.2, 0.25) is 5.02 Å². The lowest BCUT2D eigenvalue weighted by atomic mass is 10.2. The van der Waals surface area contributed by atoms with Crippen molar-refractivity contribution in [3.63, 3.8) is 0 Å². The third-order valence-corrected chi connectivity index (χ3v) is 3.56. The number of aryl methyl sites for hydroxylation is 1. The zero-order chi connectivity index (χ0) is 14.1. The van der Waals surface area contributed by atoms with Crippen LogP contribution in [-0.4, -0.2) is 24.1 Å². The molecule has 1 aromatic carbocycles. The summed E-state index contributed by atoms with van der Waals surface area (Å²) in [5.41, 5.74) is 0.886. The number of halogens is 1. The monoisotopic (exact) mass is 305 g/mol. The zero-order valence-electron chi connectivity index (χ0n) is 10.8. The summed E-state index contributed by atoms with van der Waals surface area (Å²) in [5.74, 6) is 1.10. The van der Waals surface area contributed by atoms with Gasteiger partial charge >= 0.3 is 0 Å². The number of fused-ring (bicyclic) bond motifs is 1. The first-order valence-corrected chi connectivity index (χ1v) is 7.06. The van der Waals surface area contributed by atoms with Crippen molar-refractivity contribution in [1.29, 1.82) is 0 Å². The first kappa shape index (κ1) is 13.2. The summed E-state index contributed by atoms with van der Waals surface area (Å²) in [4.78, 5) is 8.68. The molecule has 0 amide bonds. The van der Waals surface area contributed by atoms with Gasteiger partial charge in [-0.25, -0.2) is 4.98 Å². The lowest BCUT2D eigenvalue weighted by molar-refractivity contribution is 0.618. The summed E-state index contributed by atoms with van der Waals surface area (Å²) in [6.07, 6.45) is 2.70. The molecule has 0 aliphatic carbocycles. The van der Waals surface area contributed by atoms with Crippen molar-refractivity contribution in [2.24, 2.45) is 0 Å². The Morgan fingerprint density at radius 3 is 2.70 bits per heavy atom. The van der Waals surface area contributed by atoms with Crippen molar-refractivity contribution in [2.45, 2.75) is 19.9 Å². The Labute approximate surface area is 125 Å². The van der Waals surface area contributed by atoms with E-state index in [4.69, 9.17) is 23.8 Å². The molecule has 102 valence electrons. The maximum atomic E-state index is 5.88. The van der Waals surface area contributed by atoms with Crippen LogP contribution in [0.3, 0.4) is 0 Å². The standard InChI is InChI=1S/C13H12ClN5S/c1-2-7-18-8-15-12-16-11(17-19(12)13(18)20)9-3-5-10(14)6-4-9/h3-6,8H,2,7H2,1H3. The maximum Gasteiger partial charge on any atom is 0.256 e. The minimum atomic E-state index is 0.507. The fourth-order valence-corrected chi connectivity index (χ4v) is 2.31.